The average Bonchev–Trinajstić information content (AvgIpc) is 3.24. The summed E-state index contributed by atoms with van der Waals surface area (Å²) >= 11 is 1.44. The van der Waals surface area contributed by atoms with Gasteiger partial charge in [-0.2, -0.15) is 4.98 Å². The molecule has 4 rings (SSSR count). The minimum absolute atomic E-state index is 0.00214. The van der Waals surface area contributed by atoms with E-state index in [1.807, 2.05) is 42.6 Å². The van der Waals surface area contributed by atoms with E-state index in [4.69, 9.17) is 0 Å². The molecule has 0 saturated carbocycles. The SMILES string of the molecule is CC(Nc1c(Nc2ccnc(Nc3nc(-c4ccccc4)cs3)n2)c(=O)c1=O)C(C)(C)C. The number of aromatic nitrogens is 3. The van der Waals surface area contributed by atoms with E-state index in [9.17, 15) is 9.59 Å². The van der Waals surface area contributed by atoms with Gasteiger partial charge in [-0.1, -0.05) is 51.1 Å². The van der Waals surface area contributed by atoms with Crippen LogP contribution < -0.4 is 26.8 Å². The van der Waals surface area contributed by atoms with Crippen LogP contribution in [-0.4, -0.2) is 21.0 Å². The molecule has 0 fully saturated rings. The van der Waals surface area contributed by atoms with Crippen LogP contribution in [0.4, 0.5) is 28.3 Å². The lowest BCUT2D eigenvalue weighted by atomic mass is 9.87. The summed E-state index contributed by atoms with van der Waals surface area (Å²) in [7, 11) is 0. The van der Waals surface area contributed by atoms with E-state index in [2.05, 4.69) is 51.7 Å². The summed E-state index contributed by atoms with van der Waals surface area (Å²) in [5.41, 5.74) is 1.24. The van der Waals surface area contributed by atoms with Gasteiger partial charge in [0, 0.05) is 23.2 Å². The van der Waals surface area contributed by atoms with Crippen molar-refractivity contribution in [1.82, 2.24) is 15.0 Å². The van der Waals surface area contributed by atoms with E-state index in [-0.39, 0.29) is 22.8 Å². The molecular formula is C23H24N6O2S. The molecule has 32 heavy (non-hydrogen) atoms. The van der Waals surface area contributed by atoms with Crippen molar-refractivity contribution in [3.63, 3.8) is 0 Å². The van der Waals surface area contributed by atoms with Gasteiger partial charge in [0.15, 0.2) is 5.13 Å². The molecule has 2 aromatic heterocycles. The first kappa shape index (κ1) is 21.6. The number of benzene rings is 1. The average molecular weight is 449 g/mol. The number of nitrogens with one attached hydrogen (secondary N) is 3. The van der Waals surface area contributed by atoms with Gasteiger partial charge in [0.2, 0.25) is 5.95 Å². The maximum Gasteiger partial charge on any atom is 0.253 e. The van der Waals surface area contributed by atoms with Crippen LogP contribution in [0.15, 0.2) is 57.6 Å². The third kappa shape index (κ3) is 4.52. The van der Waals surface area contributed by atoms with Crippen LogP contribution in [0.3, 0.4) is 0 Å². The van der Waals surface area contributed by atoms with Crippen LogP contribution in [0, 0.1) is 5.41 Å². The Morgan fingerprint density at radius 3 is 2.38 bits per heavy atom. The third-order valence-electron chi connectivity index (χ3n) is 5.27. The summed E-state index contributed by atoms with van der Waals surface area (Å²) < 4.78 is 0. The minimum atomic E-state index is -0.561. The van der Waals surface area contributed by atoms with Gasteiger partial charge >= 0.3 is 0 Å². The molecule has 3 N–H and O–H groups in total. The Bertz CT molecular complexity index is 1300. The van der Waals surface area contributed by atoms with Crippen molar-refractivity contribution in [3.05, 3.63) is 68.4 Å². The third-order valence-corrected chi connectivity index (χ3v) is 6.03. The summed E-state index contributed by atoms with van der Waals surface area (Å²) in [4.78, 5) is 37.4. The number of nitrogens with zero attached hydrogens (tertiary/aromatic N) is 3. The smallest absolute Gasteiger partial charge is 0.253 e. The standard InChI is InChI=1S/C23H24N6O2S/c1-13(23(2,3)4)25-17-18(20(31)19(17)30)27-16-10-11-24-21(28-16)29-22-26-15(12-32-22)14-8-6-5-7-9-14/h5-13,25H,1-4H3,(H2,24,26,27,28,29). The Hall–Kier alpha value is -3.59. The molecule has 0 amide bonds. The summed E-state index contributed by atoms with van der Waals surface area (Å²) in [6.07, 6.45) is 1.57. The van der Waals surface area contributed by atoms with Crippen molar-refractivity contribution in [3.8, 4) is 11.3 Å². The molecule has 0 saturated heterocycles. The molecule has 4 aromatic rings. The van der Waals surface area contributed by atoms with Gasteiger partial charge in [0.1, 0.15) is 17.2 Å². The highest BCUT2D eigenvalue weighted by molar-refractivity contribution is 7.14. The van der Waals surface area contributed by atoms with Gasteiger partial charge in [-0.25, -0.2) is 9.97 Å². The molecule has 9 heteroatoms. The fourth-order valence-electron chi connectivity index (χ4n) is 2.87. The fraction of sp³-hybridized carbons (Fsp3) is 0.261. The van der Waals surface area contributed by atoms with Crippen LogP contribution in [0.1, 0.15) is 27.7 Å². The van der Waals surface area contributed by atoms with Crippen LogP contribution >= 0.6 is 11.3 Å². The molecule has 2 aromatic carbocycles. The van der Waals surface area contributed by atoms with Gasteiger partial charge in [-0.05, 0) is 18.4 Å². The van der Waals surface area contributed by atoms with Crippen LogP contribution in [0.25, 0.3) is 11.3 Å². The van der Waals surface area contributed by atoms with Crippen molar-refractivity contribution >= 4 is 39.6 Å². The van der Waals surface area contributed by atoms with Crippen molar-refractivity contribution in [1.29, 1.82) is 0 Å². The maximum atomic E-state index is 12.1. The second-order valence-corrected chi connectivity index (χ2v) is 9.42. The fourth-order valence-corrected chi connectivity index (χ4v) is 3.58. The van der Waals surface area contributed by atoms with E-state index in [1.165, 1.54) is 11.3 Å². The van der Waals surface area contributed by atoms with Crippen LogP contribution in [0.2, 0.25) is 0 Å². The molecule has 1 unspecified atom stereocenters. The summed E-state index contributed by atoms with van der Waals surface area (Å²) in [6.45, 7) is 8.17. The predicted molar refractivity (Wildman–Crippen MR) is 130 cm³/mol. The monoisotopic (exact) mass is 448 g/mol. The van der Waals surface area contributed by atoms with E-state index in [1.54, 1.807) is 12.3 Å². The summed E-state index contributed by atoms with van der Waals surface area (Å²) in [5.74, 6) is 0.737. The molecule has 0 radical (unpaired) electrons. The molecule has 8 nitrogen and oxygen atoms in total. The lowest BCUT2D eigenvalue weighted by molar-refractivity contribution is 0.359. The van der Waals surface area contributed by atoms with Crippen molar-refractivity contribution in [2.45, 2.75) is 33.7 Å². The minimum Gasteiger partial charge on any atom is -0.377 e. The zero-order valence-electron chi connectivity index (χ0n) is 18.3. The number of hydrogen-bond donors (Lipinski definition) is 3. The van der Waals surface area contributed by atoms with Crippen molar-refractivity contribution < 1.29 is 0 Å². The largest absolute Gasteiger partial charge is 0.377 e. The first-order valence-corrected chi connectivity index (χ1v) is 11.1. The summed E-state index contributed by atoms with van der Waals surface area (Å²) in [6, 6.07) is 11.5. The first-order valence-electron chi connectivity index (χ1n) is 10.2. The van der Waals surface area contributed by atoms with E-state index in [0.717, 1.165) is 11.3 Å². The highest BCUT2D eigenvalue weighted by Crippen LogP contribution is 2.28. The zero-order valence-corrected chi connectivity index (χ0v) is 19.1. The highest BCUT2D eigenvalue weighted by Gasteiger charge is 2.27. The van der Waals surface area contributed by atoms with Crippen LogP contribution in [0.5, 0.6) is 0 Å². The predicted octanol–water partition coefficient (Wildman–Crippen LogP) is 4.53. The Balaban J connectivity index is 1.49. The molecule has 2 heterocycles. The Morgan fingerprint density at radius 1 is 0.938 bits per heavy atom. The molecular weight excluding hydrogens is 424 g/mol. The molecule has 164 valence electrons. The highest BCUT2D eigenvalue weighted by atomic mass is 32.1. The van der Waals surface area contributed by atoms with Gasteiger partial charge in [-0.15, -0.1) is 11.3 Å². The van der Waals surface area contributed by atoms with Gasteiger partial charge in [0.05, 0.1) is 5.69 Å². The number of anilines is 5. The molecule has 0 aliphatic carbocycles. The van der Waals surface area contributed by atoms with Gasteiger partial charge < -0.3 is 10.6 Å². The van der Waals surface area contributed by atoms with Gasteiger partial charge in [0.25, 0.3) is 10.9 Å². The molecule has 0 aliphatic rings. The second-order valence-electron chi connectivity index (χ2n) is 8.56. The Kier molecular flexibility index (Phi) is 5.75. The molecule has 0 bridgehead atoms. The van der Waals surface area contributed by atoms with Crippen molar-refractivity contribution in [2.75, 3.05) is 16.0 Å². The Labute approximate surface area is 189 Å². The molecule has 0 aliphatic heterocycles. The number of rotatable bonds is 7. The quantitative estimate of drug-likeness (QED) is 0.354. The van der Waals surface area contributed by atoms with E-state index in [0.29, 0.717) is 16.9 Å². The lowest BCUT2D eigenvalue weighted by Gasteiger charge is -2.30. The van der Waals surface area contributed by atoms with E-state index < -0.39 is 10.9 Å². The maximum absolute atomic E-state index is 12.1. The zero-order chi connectivity index (χ0) is 22.9. The van der Waals surface area contributed by atoms with E-state index >= 15 is 0 Å². The second kappa shape index (κ2) is 8.51. The number of thiazole rings is 1. The normalized spacial score (nSPS) is 12.5. The van der Waals surface area contributed by atoms with Gasteiger partial charge in [-0.3, -0.25) is 14.9 Å². The topological polar surface area (TPSA) is 109 Å². The number of hydrogen-bond acceptors (Lipinski definition) is 9. The lowest BCUT2D eigenvalue weighted by Crippen LogP contribution is -2.41. The first-order chi connectivity index (χ1) is 15.2. The Morgan fingerprint density at radius 2 is 1.66 bits per heavy atom. The summed E-state index contributed by atoms with van der Waals surface area (Å²) in [5, 5.41) is 11.8. The van der Waals surface area contributed by atoms with Crippen molar-refractivity contribution in [2.24, 2.45) is 5.41 Å². The molecule has 1 atom stereocenters. The molecule has 0 spiro atoms. The van der Waals surface area contributed by atoms with Crippen LogP contribution in [-0.2, 0) is 0 Å².